The van der Waals surface area contributed by atoms with Gasteiger partial charge < -0.3 is 19.3 Å². The number of alkyl halides is 3. The lowest BCUT2D eigenvalue weighted by Gasteiger charge is -2.39. The molecule has 5 rings (SSSR count). The van der Waals surface area contributed by atoms with Gasteiger partial charge in [0, 0.05) is 30.9 Å². The van der Waals surface area contributed by atoms with E-state index < -0.39 is 42.6 Å². The van der Waals surface area contributed by atoms with Gasteiger partial charge in [-0.1, -0.05) is 0 Å². The largest absolute Gasteiger partial charge is 0.450 e. The fourth-order valence-electron chi connectivity index (χ4n) is 4.96. The number of Topliss-reactive ketones (excluding diaryl/α,β-unsaturated/α-hetero) is 1. The standard InChI is InChI=1S/C23H25F3N6O5/c1-2-36-22(35)28-18-4-3-13(9-27-18)16(33)11-32-17(23(24,25)26)5-6-30-20(34)8-19(29-21(30)32)31-10-15-7-14(31)12-37-15/h3-4,8-9,14-15,17H,2,5-7,10-12H2,1H3,(H,27,28,35)/t14-,15-,17-/m0/s1. The summed E-state index contributed by atoms with van der Waals surface area (Å²) in [4.78, 5) is 48.7. The van der Waals surface area contributed by atoms with Crippen molar-refractivity contribution >= 4 is 29.5 Å². The monoisotopic (exact) mass is 522 g/mol. The van der Waals surface area contributed by atoms with Crippen LogP contribution in [0.5, 0.6) is 0 Å². The van der Waals surface area contributed by atoms with E-state index >= 15 is 0 Å². The van der Waals surface area contributed by atoms with E-state index in [9.17, 15) is 27.6 Å². The van der Waals surface area contributed by atoms with E-state index in [-0.39, 0.29) is 48.4 Å². The van der Waals surface area contributed by atoms with E-state index in [0.717, 1.165) is 17.5 Å². The molecule has 1 amide bonds. The Morgan fingerprint density at radius 3 is 2.73 bits per heavy atom. The maximum Gasteiger partial charge on any atom is 0.412 e. The summed E-state index contributed by atoms with van der Waals surface area (Å²) in [5.41, 5.74) is -0.433. The van der Waals surface area contributed by atoms with E-state index in [1.807, 2.05) is 4.90 Å². The van der Waals surface area contributed by atoms with Gasteiger partial charge in [0.1, 0.15) is 17.7 Å². The first-order chi connectivity index (χ1) is 17.6. The molecule has 0 spiro atoms. The molecule has 11 nitrogen and oxygen atoms in total. The number of carbonyl (C=O) groups is 2. The number of nitrogens with zero attached hydrogens (tertiary/aromatic N) is 5. The number of fused-ring (bicyclic) bond motifs is 3. The van der Waals surface area contributed by atoms with Crippen LogP contribution >= 0.6 is 0 Å². The quantitative estimate of drug-likeness (QED) is 0.570. The van der Waals surface area contributed by atoms with Crippen molar-refractivity contribution in [2.24, 2.45) is 0 Å². The van der Waals surface area contributed by atoms with Crippen molar-refractivity contribution in [3.05, 3.63) is 40.3 Å². The second-order valence-corrected chi connectivity index (χ2v) is 9.08. The van der Waals surface area contributed by atoms with Crippen molar-refractivity contribution in [3.63, 3.8) is 0 Å². The molecule has 2 saturated heterocycles. The maximum atomic E-state index is 14.0. The van der Waals surface area contributed by atoms with Gasteiger partial charge in [0.05, 0.1) is 31.9 Å². The molecule has 2 bridgehead atoms. The van der Waals surface area contributed by atoms with E-state index in [1.165, 1.54) is 22.8 Å². The normalized spacial score (nSPS) is 22.6. The summed E-state index contributed by atoms with van der Waals surface area (Å²) in [5.74, 6) is -0.440. The molecule has 0 radical (unpaired) electrons. The number of hydrogen-bond donors (Lipinski definition) is 1. The highest BCUT2D eigenvalue weighted by Crippen LogP contribution is 2.36. The molecule has 37 heavy (non-hydrogen) atoms. The number of ether oxygens (including phenoxy) is 2. The molecule has 3 atom stereocenters. The smallest absolute Gasteiger partial charge is 0.412 e. The number of morpholine rings is 1. The van der Waals surface area contributed by atoms with Gasteiger partial charge >= 0.3 is 12.3 Å². The number of ketones is 1. The van der Waals surface area contributed by atoms with Crippen molar-refractivity contribution in [1.29, 1.82) is 0 Å². The van der Waals surface area contributed by atoms with Crippen LogP contribution < -0.4 is 20.7 Å². The lowest BCUT2D eigenvalue weighted by molar-refractivity contribution is -0.152. The number of nitrogens with one attached hydrogen (secondary N) is 1. The third-order valence-corrected chi connectivity index (χ3v) is 6.71. The molecule has 3 aliphatic heterocycles. The first kappa shape index (κ1) is 25.0. The average molecular weight is 522 g/mol. The van der Waals surface area contributed by atoms with Gasteiger partial charge in [-0.2, -0.15) is 18.2 Å². The van der Waals surface area contributed by atoms with Crippen LogP contribution in [0.3, 0.4) is 0 Å². The fraction of sp³-hybridized carbons (Fsp3) is 0.522. The summed E-state index contributed by atoms with van der Waals surface area (Å²) in [6.07, 6.45) is -3.84. The van der Waals surface area contributed by atoms with Crippen molar-refractivity contribution < 1.29 is 32.2 Å². The Hall–Kier alpha value is -3.68. The molecule has 2 aromatic rings. The van der Waals surface area contributed by atoms with Crippen LogP contribution in [-0.2, 0) is 16.0 Å². The Morgan fingerprint density at radius 1 is 1.30 bits per heavy atom. The Balaban J connectivity index is 1.43. The molecule has 0 unspecified atom stereocenters. The van der Waals surface area contributed by atoms with Crippen molar-refractivity contribution in [1.82, 2.24) is 14.5 Å². The molecule has 2 fully saturated rings. The SMILES string of the molecule is CCOC(=O)Nc1ccc(C(=O)CN2c3nc(N4C[C@@H]5C[C@H]4CO5)cc(=O)n3CC[C@H]2C(F)(F)F)cn1. The molecular weight excluding hydrogens is 497 g/mol. The van der Waals surface area contributed by atoms with Gasteiger partial charge in [-0.15, -0.1) is 0 Å². The van der Waals surface area contributed by atoms with Crippen molar-refractivity contribution in [2.45, 2.75) is 50.7 Å². The van der Waals surface area contributed by atoms with Crippen molar-refractivity contribution in [2.75, 3.05) is 41.4 Å². The Morgan fingerprint density at radius 2 is 2.11 bits per heavy atom. The van der Waals surface area contributed by atoms with Crippen LogP contribution in [0.25, 0.3) is 0 Å². The molecule has 5 heterocycles. The van der Waals surface area contributed by atoms with Gasteiger partial charge in [-0.3, -0.25) is 19.5 Å². The molecule has 2 aromatic heterocycles. The van der Waals surface area contributed by atoms with Gasteiger partial charge in [-0.05, 0) is 31.9 Å². The van der Waals surface area contributed by atoms with Crippen LogP contribution in [0.4, 0.5) is 35.5 Å². The Kier molecular flexibility index (Phi) is 6.52. The minimum absolute atomic E-state index is 0.0000165. The lowest BCUT2D eigenvalue weighted by Crippen LogP contribution is -2.54. The van der Waals surface area contributed by atoms with Crippen LogP contribution in [0.15, 0.2) is 29.2 Å². The van der Waals surface area contributed by atoms with Crippen LogP contribution in [0.1, 0.15) is 30.1 Å². The Labute approximate surface area is 209 Å². The topological polar surface area (TPSA) is 119 Å². The fourth-order valence-corrected chi connectivity index (χ4v) is 4.96. The first-order valence-corrected chi connectivity index (χ1v) is 11.9. The second kappa shape index (κ2) is 9.65. The number of carbonyl (C=O) groups excluding carboxylic acids is 2. The molecule has 0 saturated carbocycles. The minimum atomic E-state index is -4.65. The summed E-state index contributed by atoms with van der Waals surface area (Å²) >= 11 is 0. The lowest BCUT2D eigenvalue weighted by atomic mass is 10.1. The summed E-state index contributed by atoms with van der Waals surface area (Å²) in [7, 11) is 0. The average Bonchev–Trinajstić information content (AvgIpc) is 3.48. The van der Waals surface area contributed by atoms with E-state index in [2.05, 4.69) is 15.3 Å². The van der Waals surface area contributed by atoms with Gasteiger partial charge in [-0.25, -0.2) is 9.78 Å². The third kappa shape index (κ3) is 4.97. The third-order valence-electron chi connectivity index (χ3n) is 6.71. The molecular formula is C23H25F3N6O5. The van der Waals surface area contributed by atoms with Crippen LogP contribution in [0, 0.1) is 0 Å². The Bertz CT molecular complexity index is 1250. The predicted octanol–water partition coefficient (Wildman–Crippen LogP) is 2.21. The highest BCUT2D eigenvalue weighted by molar-refractivity contribution is 5.99. The zero-order valence-corrected chi connectivity index (χ0v) is 19.9. The number of aromatic nitrogens is 3. The van der Waals surface area contributed by atoms with Crippen LogP contribution in [0.2, 0.25) is 0 Å². The zero-order valence-electron chi connectivity index (χ0n) is 19.9. The number of halogens is 3. The molecule has 198 valence electrons. The van der Waals surface area contributed by atoms with E-state index in [0.29, 0.717) is 13.2 Å². The summed E-state index contributed by atoms with van der Waals surface area (Å²) in [5, 5.41) is 2.38. The molecule has 14 heteroatoms. The summed E-state index contributed by atoms with van der Waals surface area (Å²) in [6.45, 7) is 1.93. The molecule has 1 N–H and O–H groups in total. The highest BCUT2D eigenvalue weighted by atomic mass is 19.4. The van der Waals surface area contributed by atoms with Gasteiger partial charge in [0.2, 0.25) is 5.95 Å². The summed E-state index contributed by atoms with van der Waals surface area (Å²) in [6, 6.07) is 2.04. The van der Waals surface area contributed by atoms with E-state index in [4.69, 9.17) is 9.47 Å². The second-order valence-electron chi connectivity index (χ2n) is 9.08. The number of amides is 1. The predicted molar refractivity (Wildman–Crippen MR) is 125 cm³/mol. The van der Waals surface area contributed by atoms with Crippen LogP contribution in [-0.4, -0.2) is 77.1 Å². The van der Waals surface area contributed by atoms with E-state index in [1.54, 1.807) is 6.92 Å². The number of pyridine rings is 1. The molecule has 3 aliphatic rings. The number of hydrogen-bond acceptors (Lipinski definition) is 9. The molecule has 0 aliphatic carbocycles. The highest BCUT2D eigenvalue weighted by Gasteiger charge is 2.48. The minimum Gasteiger partial charge on any atom is -0.450 e. The number of rotatable bonds is 6. The zero-order chi connectivity index (χ0) is 26.3. The maximum absolute atomic E-state index is 14.0. The van der Waals surface area contributed by atoms with Gasteiger partial charge in [0.25, 0.3) is 5.56 Å². The van der Waals surface area contributed by atoms with Crippen molar-refractivity contribution in [3.8, 4) is 0 Å². The first-order valence-electron chi connectivity index (χ1n) is 11.9. The van der Waals surface area contributed by atoms with Gasteiger partial charge in [0.15, 0.2) is 5.78 Å². The molecule has 0 aromatic carbocycles. The summed E-state index contributed by atoms with van der Waals surface area (Å²) < 4.78 is 53.6. The number of anilines is 3.